The zero-order valence-corrected chi connectivity index (χ0v) is 12.0. The van der Waals surface area contributed by atoms with E-state index in [1.165, 1.54) is 24.9 Å². The van der Waals surface area contributed by atoms with Gasteiger partial charge >= 0.3 is 0 Å². The van der Waals surface area contributed by atoms with Crippen LogP contribution < -0.4 is 15.0 Å². The van der Waals surface area contributed by atoms with Crippen LogP contribution in [0.1, 0.15) is 19.3 Å². The summed E-state index contributed by atoms with van der Waals surface area (Å²) in [5.74, 6) is 1.68. The first-order valence-corrected chi connectivity index (χ1v) is 7.68. The van der Waals surface area contributed by atoms with Gasteiger partial charge in [0.2, 0.25) is 0 Å². The molecule has 1 saturated heterocycles. The fourth-order valence-electron chi connectivity index (χ4n) is 2.47. The third-order valence-corrected chi connectivity index (χ3v) is 3.90. The average Bonchev–Trinajstić information content (AvgIpc) is 3.31. The first-order chi connectivity index (χ1) is 9.92. The molecule has 0 aromatic heterocycles. The molecule has 2 fully saturated rings. The highest BCUT2D eigenvalue weighted by Crippen LogP contribution is 2.28. The normalized spacial score (nSPS) is 19.7. The average molecular weight is 276 g/mol. The van der Waals surface area contributed by atoms with Crippen molar-refractivity contribution in [1.82, 2.24) is 5.32 Å². The third-order valence-electron chi connectivity index (χ3n) is 3.90. The Morgan fingerprint density at radius 3 is 2.75 bits per heavy atom. The first kappa shape index (κ1) is 13.7. The van der Waals surface area contributed by atoms with Gasteiger partial charge in [0.25, 0.3) is 0 Å². The van der Waals surface area contributed by atoms with E-state index in [1.54, 1.807) is 0 Å². The van der Waals surface area contributed by atoms with Crippen molar-refractivity contribution in [2.75, 3.05) is 44.5 Å². The van der Waals surface area contributed by atoms with E-state index in [0.717, 1.165) is 44.5 Å². The summed E-state index contributed by atoms with van der Waals surface area (Å²) in [6, 6.07) is 8.35. The highest BCUT2D eigenvalue weighted by Gasteiger charge is 2.21. The van der Waals surface area contributed by atoms with Crippen LogP contribution in [-0.4, -0.2) is 39.6 Å². The molecule has 4 nitrogen and oxygen atoms in total. The van der Waals surface area contributed by atoms with E-state index < -0.39 is 0 Å². The summed E-state index contributed by atoms with van der Waals surface area (Å²) in [4.78, 5) is 2.42. The van der Waals surface area contributed by atoms with Crippen LogP contribution in [0.2, 0.25) is 0 Å². The maximum Gasteiger partial charge on any atom is 0.189 e. The molecule has 1 aliphatic carbocycles. The molecule has 1 aromatic carbocycles. The molecular weight excluding hydrogens is 252 g/mol. The van der Waals surface area contributed by atoms with E-state index >= 15 is 0 Å². The number of ether oxygens (including phenoxy) is 2. The Kier molecular flexibility index (Phi) is 4.77. The van der Waals surface area contributed by atoms with Crippen LogP contribution >= 0.6 is 0 Å². The minimum atomic E-state index is 0.365. The molecule has 0 atom stereocenters. The van der Waals surface area contributed by atoms with E-state index in [0.29, 0.717) is 6.79 Å². The van der Waals surface area contributed by atoms with Crippen LogP contribution in [0.3, 0.4) is 0 Å². The van der Waals surface area contributed by atoms with E-state index in [1.807, 2.05) is 12.1 Å². The smallest absolute Gasteiger partial charge is 0.189 e. The van der Waals surface area contributed by atoms with Crippen molar-refractivity contribution in [1.29, 1.82) is 0 Å². The van der Waals surface area contributed by atoms with Crippen molar-refractivity contribution in [3.63, 3.8) is 0 Å². The number of hydrogen-bond donors (Lipinski definition) is 1. The molecule has 0 amide bonds. The van der Waals surface area contributed by atoms with Gasteiger partial charge in [0.15, 0.2) is 6.79 Å². The molecule has 1 N–H and O–H groups in total. The molecule has 1 heterocycles. The number of anilines is 1. The molecule has 4 heteroatoms. The molecule has 1 aliphatic heterocycles. The summed E-state index contributed by atoms with van der Waals surface area (Å²) < 4.78 is 11.1. The largest absolute Gasteiger partial charge is 0.468 e. The Balaban J connectivity index is 1.45. The standard InChI is InChI=1S/C16H24N2O2/c1-8-17-9-11-18(10-1)15-4-6-16(7-5-15)20-13-19-12-14-2-3-14/h4-7,14,17H,1-3,8-13H2. The Bertz CT molecular complexity index is 395. The lowest BCUT2D eigenvalue weighted by molar-refractivity contribution is 0.00999. The van der Waals surface area contributed by atoms with Crippen LogP contribution in [0.5, 0.6) is 5.75 Å². The Morgan fingerprint density at radius 2 is 1.95 bits per heavy atom. The summed E-state index contributed by atoms with van der Waals surface area (Å²) in [5.41, 5.74) is 1.28. The third kappa shape index (κ3) is 4.12. The maximum absolute atomic E-state index is 5.60. The van der Waals surface area contributed by atoms with Gasteiger partial charge in [-0.2, -0.15) is 0 Å². The van der Waals surface area contributed by atoms with Crippen molar-refractivity contribution in [3.8, 4) is 5.75 Å². The Morgan fingerprint density at radius 1 is 1.10 bits per heavy atom. The molecule has 110 valence electrons. The summed E-state index contributed by atoms with van der Waals surface area (Å²) >= 11 is 0. The van der Waals surface area contributed by atoms with Crippen molar-refractivity contribution in [3.05, 3.63) is 24.3 Å². The molecule has 2 aliphatic rings. The second-order valence-electron chi connectivity index (χ2n) is 5.66. The SMILES string of the molecule is c1cc(N2CCCNCC2)ccc1OCOCC1CC1. The Labute approximate surface area is 121 Å². The number of hydrogen-bond acceptors (Lipinski definition) is 4. The molecule has 0 spiro atoms. The lowest BCUT2D eigenvalue weighted by Crippen LogP contribution is -2.27. The lowest BCUT2D eigenvalue weighted by atomic mass is 10.2. The molecule has 1 saturated carbocycles. The first-order valence-electron chi connectivity index (χ1n) is 7.68. The van der Waals surface area contributed by atoms with E-state index in [9.17, 15) is 0 Å². The van der Waals surface area contributed by atoms with Crippen LogP contribution in [0.4, 0.5) is 5.69 Å². The molecular formula is C16H24N2O2. The van der Waals surface area contributed by atoms with Crippen LogP contribution in [0, 0.1) is 5.92 Å². The van der Waals surface area contributed by atoms with Crippen LogP contribution in [0.15, 0.2) is 24.3 Å². The van der Waals surface area contributed by atoms with Gasteiger partial charge in [0.05, 0.1) is 6.61 Å². The van der Waals surface area contributed by atoms with Crippen molar-refractivity contribution >= 4 is 5.69 Å². The van der Waals surface area contributed by atoms with E-state index in [2.05, 4.69) is 22.3 Å². The fourth-order valence-corrected chi connectivity index (χ4v) is 2.47. The lowest BCUT2D eigenvalue weighted by Gasteiger charge is -2.22. The summed E-state index contributed by atoms with van der Waals surface area (Å²) in [6.45, 7) is 5.59. The summed E-state index contributed by atoms with van der Waals surface area (Å²) in [7, 11) is 0. The molecule has 3 rings (SSSR count). The number of benzene rings is 1. The predicted octanol–water partition coefficient (Wildman–Crippen LogP) is 2.25. The maximum atomic E-state index is 5.60. The monoisotopic (exact) mass is 276 g/mol. The zero-order chi connectivity index (χ0) is 13.6. The van der Waals surface area contributed by atoms with Gasteiger partial charge in [-0.05, 0) is 56.0 Å². The quantitative estimate of drug-likeness (QED) is 0.638. The molecule has 20 heavy (non-hydrogen) atoms. The minimum absolute atomic E-state index is 0.365. The van der Waals surface area contributed by atoms with E-state index in [4.69, 9.17) is 9.47 Å². The van der Waals surface area contributed by atoms with Crippen molar-refractivity contribution in [2.24, 2.45) is 5.92 Å². The van der Waals surface area contributed by atoms with Gasteiger partial charge in [0.1, 0.15) is 5.75 Å². The van der Waals surface area contributed by atoms with Crippen molar-refractivity contribution < 1.29 is 9.47 Å². The fraction of sp³-hybridized carbons (Fsp3) is 0.625. The van der Waals surface area contributed by atoms with Gasteiger partial charge in [-0.1, -0.05) is 0 Å². The molecule has 0 unspecified atom stereocenters. The van der Waals surface area contributed by atoms with E-state index in [-0.39, 0.29) is 0 Å². The summed E-state index contributed by atoms with van der Waals surface area (Å²) in [5, 5.41) is 3.42. The van der Waals surface area contributed by atoms with Gasteiger partial charge in [-0.15, -0.1) is 0 Å². The zero-order valence-electron chi connectivity index (χ0n) is 12.0. The Hall–Kier alpha value is -1.26. The van der Waals surface area contributed by atoms with Crippen molar-refractivity contribution in [2.45, 2.75) is 19.3 Å². The van der Waals surface area contributed by atoms with Gasteiger partial charge in [-0.25, -0.2) is 0 Å². The van der Waals surface area contributed by atoms with Gasteiger partial charge in [0, 0.05) is 25.3 Å². The number of rotatable bonds is 6. The topological polar surface area (TPSA) is 33.7 Å². The predicted molar refractivity (Wildman–Crippen MR) is 80.3 cm³/mol. The molecule has 0 radical (unpaired) electrons. The summed E-state index contributed by atoms with van der Waals surface area (Å²) in [6.07, 6.45) is 3.84. The molecule has 1 aromatic rings. The molecule has 0 bridgehead atoms. The highest BCUT2D eigenvalue weighted by atomic mass is 16.7. The second-order valence-corrected chi connectivity index (χ2v) is 5.66. The highest BCUT2D eigenvalue weighted by molar-refractivity contribution is 5.49. The van der Waals surface area contributed by atoms with Gasteiger partial charge < -0.3 is 19.7 Å². The minimum Gasteiger partial charge on any atom is -0.468 e. The van der Waals surface area contributed by atoms with Crippen LogP contribution in [0.25, 0.3) is 0 Å². The second kappa shape index (κ2) is 6.95. The number of nitrogens with zero attached hydrogens (tertiary/aromatic N) is 1. The van der Waals surface area contributed by atoms with Crippen LogP contribution in [-0.2, 0) is 4.74 Å². The number of nitrogens with one attached hydrogen (secondary N) is 1. The van der Waals surface area contributed by atoms with Gasteiger partial charge in [-0.3, -0.25) is 0 Å².